The molecule has 0 amide bonds. The van der Waals surface area contributed by atoms with Gasteiger partial charge in [0.2, 0.25) is 0 Å². The van der Waals surface area contributed by atoms with Crippen LogP contribution in [-0.2, 0) is 5.41 Å². The first-order valence-electron chi connectivity index (χ1n) is 7.03. The summed E-state index contributed by atoms with van der Waals surface area (Å²) in [5.74, 6) is 0.656. The Labute approximate surface area is 104 Å². The molecule has 2 N–H and O–H groups in total. The largest absolute Gasteiger partial charge is 0.398 e. The number of nitrogens with two attached hydrogens (primary N) is 1. The molecule has 1 nitrogen and oxygen atoms in total. The third-order valence-electron chi connectivity index (χ3n) is 5.08. The van der Waals surface area contributed by atoms with E-state index in [0.717, 1.165) is 5.69 Å². The summed E-state index contributed by atoms with van der Waals surface area (Å²) in [4.78, 5) is 0. The lowest BCUT2D eigenvalue weighted by molar-refractivity contribution is 0.282. The van der Waals surface area contributed by atoms with Crippen molar-refractivity contribution in [1.29, 1.82) is 0 Å². The van der Waals surface area contributed by atoms with Gasteiger partial charge in [-0.3, -0.25) is 0 Å². The maximum absolute atomic E-state index is 6.31. The summed E-state index contributed by atoms with van der Waals surface area (Å²) < 4.78 is 0. The highest BCUT2D eigenvalue weighted by atomic mass is 14.6. The molecule has 1 heteroatoms. The number of hydrogen-bond acceptors (Lipinski definition) is 1. The van der Waals surface area contributed by atoms with Gasteiger partial charge in [-0.25, -0.2) is 0 Å². The van der Waals surface area contributed by atoms with Crippen LogP contribution in [0.5, 0.6) is 0 Å². The van der Waals surface area contributed by atoms with Crippen LogP contribution < -0.4 is 5.73 Å². The number of benzene rings is 1. The van der Waals surface area contributed by atoms with Crippen LogP contribution in [0.4, 0.5) is 5.69 Å². The minimum atomic E-state index is 0.481. The Hall–Kier alpha value is -0.980. The van der Waals surface area contributed by atoms with Crippen LogP contribution in [0.3, 0.4) is 0 Å². The van der Waals surface area contributed by atoms with E-state index >= 15 is 0 Å². The van der Waals surface area contributed by atoms with Crippen molar-refractivity contribution >= 4 is 5.69 Å². The third kappa shape index (κ3) is 1.51. The molecule has 0 bridgehead atoms. The van der Waals surface area contributed by atoms with Gasteiger partial charge in [0.05, 0.1) is 0 Å². The van der Waals surface area contributed by atoms with Crippen LogP contribution in [0, 0.1) is 6.92 Å². The maximum Gasteiger partial charge on any atom is 0.0382 e. The van der Waals surface area contributed by atoms with E-state index in [0.29, 0.717) is 11.3 Å². The van der Waals surface area contributed by atoms with Gasteiger partial charge in [-0.2, -0.15) is 0 Å². The predicted octanol–water partition coefficient (Wildman–Crippen LogP) is 4.29. The summed E-state index contributed by atoms with van der Waals surface area (Å²) in [5.41, 5.74) is 12.2. The average Bonchev–Trinajstić information content (AvgIpc) is 2.58. The molecule has 0 aromatic heterocycles. The lowest BCUT2D eigenvalue weighted by atomic mass is 9.70. The van der Waals surface area contributed by atoms with E-state index in [4.69, 9.17) is 5.73 Å². The number of anilines is 1. The SMILES string of the molecule is Cc1ccc2c(c1N)[C@H](C)CC21CCCCC1. The molecule has 0 unspecified atom stereocenters. The van der Waals surface area contributed by atoms with Crippen LogP contribution >= 0.6 is 0 Å². The molecular formula is C16H23N. The minimum absolute atomic E-state index is 0.481. The van der Waals surface area contributed by atoms with Gasteiger partial charge >= 0.3 is 0 Å². The summed E-state index contributed by atoms with van der Waals surface area (Å²) in [6.07, 6.45) is 8.32. The van der Waals surface area contributed by atoms with E-state index < -0.39 is 0 Å². The van der Waals surface area contributed by atoms with Crippen LogP contribution in [-0.4, -0.2) is 0 Å². The fraction of sp³-hybridized carbons (Fsp3) is 0.625. The Morgan fingerprint density at radius 2 is 1.88 bits per heavy atom. The molecule has 1 aromatic rings. The first-order chi connectivity index (χ1) is 8.14. The third-order valence-corrected chi connectivity index (χ3v) is 5.08. The van der Waals surface area contributed by atoms with E-state index in [9.17, 15) is 0 Å². The van der Waals surface area contributed by atoms with Crippen molar-refractivity contribution in [3.8, 4) is 0 Å². The van der Waals surface area contributed by atoms with Gasteiger partial charge in [0, 0.05) is 5.69 Å². The van der Waals surface area contributed by atoms with Crippen molar-refractivity contribution < 1.29 is 0 Å². The van der Waals surface area contributed by atoms with Crippen molar-refractivity contribution in [3.63, 3.8) is 0 Å². The standard InChI is InChI=1S/C16H23N/c1-11-6-7-13-14(15(11)17)12(2)10-16(13)8-4-3-5-9-16/h6-7,12H,3-5,8-10,17H2,1-2H3/t12-/m1/s1. The lowest BCUT2D eigenvalue weighted by Gasteiger charge is -2.35. The normalized spacial score (nSPS) is 26.1. The highest BCUT2D eigenvalue weighted by molar-refractivity contribution is 5.62. The van der Waals surface area contributed by atoms with Crippen molar-refractivity contribution in [2.45, 2.75) is 63.7 Å². The summed E-state index contributed by atoms with van der Waals surface area (Å²) in [5, 5.41) is 0. The van der Waals surface area contributed by atoms with Crippen LogP contribution in [0.25, 0.3) is 0 Å². The Balaban J connectivity index is 2.13. The molecule has 1 spiro atoms. The zero-order chi connectivity index (χ0) is 12.0. The first kappa shape index (κ1) is 11.1. The molecule has 2 aliphatic carbocycles. The molecule has 0 aliphatic heterocycles. The molecule has 2 aliphatic rings. The molecular weight excluding hydrogens is 206 g/mol. The summed E-state index contributed by atoms with van der Waals surface area (Å²) in [6.45, 7) is 4.49. The number of aryl methyl sites for hydroxylation is 1. The summed E-state index contributed by atoms with van der Waals surface area (Å²) >= 11 is 0. The molecule has 0 radical (unpaired) electrons. The Morgan fingerprint density at radius 3 is 2.59 bits per heavy atom. The zero-order valence-electron chi connectivity index (χ0n) is 11.1. The monoisotopic (exact) mass is 229 g/mol. The molecule has 0 saturated heterocycles. The lowest BCUT2D eigenvalue weighted by Crippen LogP contribution is -2.26. The molecule has 0 heterocycles. The molecule has 3 rings (SSSR count). The second-order valence-corrected chi connectivity index (χ2v) is 6.20. The fourth-order valence-electron chi connectivity index (χ4n) is 4.24. The number of rotatable bonds is 0. The highest BCUT2D eigenvalue weighted by Gasteiger charge is 2.43. The van der Waals surface area contributed by atoms with Crippen molar-refractivity contribution in [2.24, 2.45) is 0 Å². The van der Waals surface area contributed by atoms with Gasteiger partial charge < -0.3 is 5.73 Å². The predicted molar refractivity (Wildman–Crippen MR) is 73.4 cm³/mol. The van der Waals surface area contributed by atoms with Crippen molar-refractivity contribution in [3.05, 3.63) is 28.8 Å². The van der Waals surface area contributed by atoms with Crippen molar-refractivity contribution in [1.82, 2.24) is 0 Å². The van der Waals surface area contributed by atoms with Crippen LogP contribution in [0.15, 0.2) is 12.1 Å². The van der Waals surface area contributed by atoms with E-state index in [1.165, 1.54) is 49.7 Å². The second kappa shape index (κ2) is 3.76. The van der Waals surface area contributed by atoms with E-state index in [-0.39, 0.29) is 0 Å². The highest BCUT2D eigenvalue weighted by Crippen LogP contribution is 2.55. The molecule has 1 atom stereocenters. The van der Waals surface area contributed by atoms with E-state index in [2.05, 4.69) is 26.0 Å². The topological polar surface area (TPSA) is 26.0 Å². The summed E-state index contributed by atoms with van der Waals surface area (Å²) in [7, 11) is 0. The first-order valence-corrected chi connectivity index (χ1v) is 7.03. The van der Waals surface area contributed by atoms with E-state index in [1.807, 2.05) is 0 Å². The zero-order valence-corrected chi connectivity index (χ0v) is 11.1. The van der Waals surface area contributed by atoms with Gasteiger partial charge in [-0.1, -0.05) is 38.3 Å². The minimum Gasteiger partial charge on any atom is -0.398 e. The summed E-state index contributed by atoms with van der Waals surface area (Å²) in [6, 6.07) is 4.60. The molecule has 1 fully saturated rings. The van der Waals surface area contributed by atoms with Gasteiger partial charge in [-0.15, -0.1) is 0 Å². The fourth-order valence-corrected chi connectivity index (χ4v) is 4.24. The molecule has 1 saturated carbocycles. The van der Waals surface area contributed by atoms with Gasteiger partial charge in [-0.05, 0) is 54.2 Å². The van der Waals surface area contributed by atoms with Gasteiger partial charge in [0.1, 0.15) is 0 Å². The number of hydrogen-bond donors (Lipinski definition) is 1. The van der Waals surface area contributed by atoms with Gasteiger partial charge in [0.15, 0.2) is 0 Å². The Bertz CT molecular complexity index is 441. The Morgan fingerprint density at radius 1 is 1.18 bits per heavy atom. The number of fused-ring (bicyclic) bond motifs is 2. The van der Waals surface area contributed by atoms with Crippen LogP contribution in [0.1, 0.15) is 68.1 Å². The average molecular weight is 229 g/mol. The van der Waals surface area contributed by atoms with E-state index in [1.54, 1.807) is 5.56 Å². The smallest absolute Gasteiger partial charge is 0.0382 e. The Kier molecular flexibility index (Phi) is 2.46. The molecule has 1 aromatic carbocycles. The maximum atomic E-state index is 6.31. The van der Waals surface area contributed by atoms with Gasteiger partial charge in [0.25, 0.3) is 0 Å². The second-order valence-electron chi connectivity index (χ2n) is 6.20. The number of nitrogen functional groups attached to an aromatic ring is 1. The van der Waals surface area contributed by atoms with Crippen LogP contribution in [0.2, 0.25) is 0 Å². The quantitative estimate of drug-likeness (QED) is 0.660. The molecule has 92 valence electrons. The van der Waals surface area contributed by atoms with Crippen molar-refractivity contribution in [2.75, 3.05) is 5.73 Å². The molecule has 17 heavy (non-hydrogen) atoms.